The molecule has 1 saturated heterocycles. The molecule has 1 unspecified atom stereocenters. The van der Waals surface area contributed by atoms with E-state index in [4.69, 9.17) is 32.7 Å². The van der Waals surface area contributed by atoms with E-state index in [1.165, 1.54) is 5.56 Å². The minimum Gasteiger partial charge on any atom is -0.383 e. The normalized spacial score (nSPS) is 22.4. The third-order valence-corrected chi connectivity index (χ3v) is 4.47. The Morgan fingerprint density at radius 2 is 2.20 bits per heavy atom. The molecular weight excluding hydrogens is 297 g/mol. The Bertz CT molecular complexity index is 434. The van der Waals surface area contributed by atoms with Gasteiger partial charge in [-0.15, -0.1) is 0 Å². The third kappa shape index (κ3) is 4.34. The maximum atomic E-state index is 6.09. The molecule has 3 nitrogen and oxygen atoms in total. The number of hydrogen-bond donors (Lipinski definition) is 1. The summed E-state index contributed by atoms with van der Waals surface area (Å²) in [7, 11) is 1.71. The van der Waals surface area contributed by atoms with E-state index < -0.39 is 0 Å². The Labute approximate surface area is 130 Å². The Hall–Kier alpha value is -0.320. The van der Waals surface area contributed by atoms with Crippen LogP contribution in [0.5, 0.6) is 0 Å². The van der Waals surface area contributed by atoms with Crippen LogP contribution in [0.15, 0.2) is 18.2 Å². The van der Waals surface area contributed by atoms with E-state index in [2.05, 4.69) is 5.32 Å². The lowest BCUT2D eigenvalue weighted by Crippen LogP contribution is -2.38. The summed E-state index contributed by atoms with van der Waals surface area (Å²) in [6.45, 7) is 4.13. The minimum atomic E-state index is 0.144. The second kappa shape index (κ2) is 7.62. The molecule has 0 spiro atoms. The van der Waals surface area contributed by atoms with Crippen molar-refractivity contribution in [2.24, 2.45) is 5.41 Å². The highest BCUT2D eigenvalue weighted by Gasteiger charge is 2.34. The molecule has 1 aliphatic rings. The van der Waals surface area contributed by atoms with Crippen molar-refractivity contribution < 1.29 is 9.47 Å². The smallest absolute Gasteiger partial charge is 0.0595 e. The topological polar surface area (TPSA) is 30.5 Å². The molecule has 5 heteroatoms. The maximum Gasteiger partial charge on any atom is 0.0595 e. The summed E-state index contributed by atoms with van der Waals surface area (Å²) in [5.41, 5.74) is 1.35. The van der Waals surface area contributed by atoms with Crippen molar-refractivity contribution in [3.63, 3.8) is 0 Å². The molecule has 1 N–H and O–H groups in total. The number of ether oxygens (including phenoxy) is 2. The SMILES string of the molecule is COCCNCC1(Cc2ccc(Cl)c(Cl)c2)CCOC1. The second-order valence-corrected chi connectivity index (χ2v) is 6.21. The highest BCUT2D eigenvalue weighted by molar-refractivity contribution is 6.42. The van der Waals surface area contributed by atoms with Gasteiger partial charge in [-0.2, -0.15) is 0 Å². The van der Waals surface area contributed by atoms with Crippen LogP contribution in [0, 0.1) is 5.41 Å². The fourth-order valence-electron chi connectivity index (χ4n) is 2.60. The largest absolute Gasteiger partial charge is 0.383 e. The molecule has 1 heterocycles. The fraction of sp³-hybridized carbons (Fsp3) is 0.600. The van der Waals surface area contributed by atoms with Gasteiger partial charge >= 0.3 is 0 Å². The predicted octanol–water partition coefficient (Wildman–Crippen LogP) is 3.18. The van der Waals surface area contributed by atoms with E-state index >= 15 is 0 Å². The molecule has 112 valence electrons. The molecule has 1 atom stereocenters. The minimum absolute atomic E-state index is 0.144. The second-order valence-electron chi connectivity index (χ2n) is 5.40. The molecule has 0 aliphatic carbocycles. The van der Waals surface area contributed by atoms with E-state index in [0.717, 1.165) is 45.8 Å². The van der Waals surface area contributed by atoms with Gasteiger partial charge in [-0.25, -0.2) is 0 Å². The first-order valence-corrected chi connectivity index (χ1v) is 7.62. The number of hydrogen-bond acceptors (Lipinski definition) is 3. The van der Waals surface area contributed by atoms with Gasteiger partial charge in [0.15, 0.2) is 0 Å². The van der Waals surface area contributed by atoms with Gasteiger partial charge in [-0.1, -0.05) is 29.3 Å². The van der Waals surface area contributed by atoms with Crippen LogP contribution >= 0.6 is 23.2 Å². The molecule has 0 radical (unpaired) electrons. The van der Waals surface area contributed by atoms with Gasteiger partial charge in [-0.3, -0.25) is 0 Å². The summed E-state index contributed by atoms with van der Waals surface area (Å²) in [5.74, 6) is 0. The van der Waals surface area contributed by atoms with Crippen molar-refractivity contribution in [1.82, 2.24) is 5.32 Å². The molecule has 0 amide bonds. The molecule has 20 heavy (non-hydrogen) atoms. The van der Waals surface area contributed by atoms with Crippen LogP contribution in [0.3, 0.4) is 0 Å². The Balaban J connectivity index is 1.99. The Kier molecular flexibility index (Phi) is 6.12. The molecule has 1 aromatic rings. The van der Waals surface area contributed by atoms with Gasteiger partial charge in [0.2, 0.25) is 0 Å². The average molecular weight is 318 g/mol. The van der Waals surface area contributed by atoms with Crippen molar-refractivity contribution >= 4 is 23.2 Å². The Morgan fingerprint density at radius 1 is 1.35 bits per heavy atom. The quantitative estimate of drug-likeness (QED) is 0.783. The van der Waals surface area contributed by atoms with Gasteiger partial charge in [0.1, 0.15) is 0 Å². The first-order chi connectivity index (χ1) is 9.65. The van der Waals surface area contributed by atoms with Crippen LogP contribution in [0.1, 0.15) is 12.0 Å². The standard InChI is InChI=1S/C15H21Cl2NO2/c1-19-7-5-18-10-15(4-6-20-11-15)9-12-2-3-13(16)14(17)8-12/h2-3,8,18H,4-7,9-11H2,1H3. The van der Waals surface area contributed by atoms with Crippen molar-refractivity contribution in [3.8, 4) is 0 Å². The zero-order valence-corrected chi connectivity index (χ0v) is 13.3. The molecule has 1 aromatic carbocycles. The summed E-state index contributed by atoms with van der Waals surface area (Å²) >= 11 is 12.1. The first-order valence-electron chi connectivity index (χ1n) is 6.87. The number of nitrogens with one attached hydrogen (secondary N) is 1. The van der Waals surface area contributed by atoms with Gasteiger partial charge in [-0.05, 0) is 30.5 Å². The lowest BCUT2D eigenvalue weighted by atomic mass is 9.81. The van der Waals surface area contributed by atoms with Gasteiger partial charge in [0, 0.05) is 32.2 Å². The van der Waals surface area contributed by atoms with Crippen LogP contribution in [0.2, 0.25) is 10.0 Å². The molecule has 0 bridgehead atoms. The predicted molar refractivity (Wildman–Crippen MR) is 82.8 cm³/mol. The molecular formula is C15H21Cl2NO2. The highest BCUT2D eigenvalue weighted by atomic mass is 35.5. The molecule has 1 fully saturated rings. The molecule has 0 aromatic heterocycles. The summed E-state index contributed by atoms with van der Waals surface area (Å²) < 4.78 is 10.7. The van der Waals surface area contributed by atoms with Crippen molar-refractivity contribution in [2.75, 3.05) is 40.0 Å². The number of methoxy groups -OCH3 is 1. The van der Waals surface area contributed by atoms with Crippen LogP contribution < -0.4 is 5.32 Å². The number of rotatable bonds is 7. The average Bonchev–Trinajstić information content (AvgIpc) is 2.88. The Morgan fingerprint density at radius 3 is 2.85 bits per heavy atom. The first kappa shape index (κ1) is 16.1. The van der Waals surface area contributed by atoms with Crippen LogP contribution in [-0.4, -0.2) is 40.0 Å². The van der Waals surface area contributed by atoms with Crippen LogP contribution in [0.25, 0.3) is 0 Å². The molecule has 0 saturated carbocycles. The van der Waals surface area contributed by atoms with E-state index in [1.807, 2.05) is 18.2 Å². The zero-order valence-electron chi connectivity index (χ0n) is 11.8. The third-order valence-electron chi connectivity index (χ3n) is 3.73. The van der Waals surface area contributed by atoms with Gasteiger partial charge < -0.3 is 14.8 Å². The maximum absolute atomic E-state index is 6.09. The van der Waals surface area contributed by atoms with E-state index in [-0.39, 0.29) is 5.41 Å². The summed E-state index contributed by atoms with van der Waals surface area (Å²) in [4.78, 5) is 0. The van der Waals surface area contributed by atoms with E-state index in [9.17, 15) is 0 Å². The highest BCUT2D eigenvalue weighted by Crippen LogP contribution is 2.33. The number of benzene rings is 1. The lowest BCUT2D eigenvalue weighted by molar-refractivity contribution is 0.145. The molecule has 1 aliphatic heterocycles. The van der Waals surface area contributed by atoms with Crippen LogP contribution in [0.4, 0.5) is 0 Å². The van der Waals surface area contributed by atoms with Gasteiger partial charge in [0.05, 0.1) is 23.3 Å². The lowest BCUT2D eigenvalue weighted by Gasteiger charge is -2.28. The van der Waals surface area contributed by atoms with Gasteiger partial charge in [0.25, 0.3) is 0 Å². The summed E-state index contributed by atoms with van der Waals surface area (Å²) in [5, 5.41) is 4.67. The number of halogens is 2. The van der Waals surface area contributed by atoms with E-state index in [0.29, 0.717) is 10.0 Å². The van der Waals surface area contributed by atoms with Crippen LogP contribution in [-0.2, 0) is 15.9 Å². The van der Waals surface area contributed by atoms with Crippen molar-refractivity contribution in [1.29, 1.82) is 0 Å². The zero-order chi connectivity index (χ0) is 14.4. The summed E-state index contributed by atoms with van der Waals surface area (Å²) in [6, 6.07) is 5.86. The fourth-order valence-corrected chi connectivity index (χ4v) is 2.92. The van der Waals surface area contributed by atoms with Crippen molar-refractivity contribution in [2.45, 2.75) is 12.8 Å². The van der Waals surface area contributed by atoms with E-state index in [1.54, 1.807) is 7.11 Å². The van der Waals surface area contributed by atoms with Crippen molar-refractivity contribution in [3.05, 3.63) is 33.8 Å². The molecule has 2 rings (SSSR count). The summed E-state index contributed by atoms with van der Waals surface area (Å²) in [6.07, 6.45) is 2.01. The monoisotopic (exact) mass is 317 g/mol.